The van der Waals surface area contributed by atoms with Crippen LogP contribution in [0, 0.1) is 17.3 Å². The Morgan fingerprint density at radius 3 is 2.08 bits per heavy atom. The maximum atomic E-state index is 13.3. The fourth-order valence-electron chi connectivity index (χ4n) is 5.67. The van der Waals surface area contributed by atoms with Crippen molar-refractivity contribution in [2.45, 2.75) is 75.7 Å². The van der Waals surface area contributed by atoms with Crippen molar-refractivity contribution < 1.29 is 31.1 Å². The molecule has 8 heteroatoms. The van der Waals surface area contributed by atoms with Crippen molar-refractivity contribution in [1.29, 1.82) is 0 Å². The number of aliphatic hydroxyl groups is 1. The van der Waals surface area contributed by atoms with Crippen LogP contribution < -0.4 is 0 Å². The molecule has 0 aromatic carbocycles. The molecule has 2 unspecified atom stereocenters. The highest BCUT2D eigenvalue weighted by atomic mass is 32.2. The standard InChI is InChI=1S/C17H26F4O3S/c1-14(18,19)17(20,21)3-5-25(23,24)4-2-15-7-12-6-13(8-15)10-16(22,9-12)11-15/h12-13,22H,2-11H2,1H3. The molecule has 0 spiro atoms. The maximum Gasteiger partial charge on any atom is 0.310 e. The minimum Gasteiger partial charge on any atom is -0.390 e. The van der Waals surface area contributed by atoms with Gasteiger partial charge in [0.05, 0.1) is 17.1 Å². The molecule has 0 heterocycles. The SMILES string of the molecule is CC(F)(F)C(F)(F)CCS(=O)(=O)CCC12CC3CC(CC(O)(C3)C1)C2. The van der Waals surface area contributed by atoms with Crippen molar-refractivity contribution in [1.82, 2.24) is 0 Å². The van der Waals surface area contributed by atoms with Gasteiger partial charge in [-0.3, -0.25) is 0 Å². The highest BCUT2D eigenvalue weighted by molar-refractivity contribution is 7.91. The fraction of sp³-hybridized carbons (Fsp3) is 1.00. The lowest BCUT2D eigenvalue weighted by Crippen LogP contribution is -2.55. The van der Waals surface area contributed by atoms with Crippen LogP contribution in [0.2, 0.25) is 0 Å². The van der Waals surface area contributed by atoms with Gasteiger partial charge in [-0.15, -0.1) is 0 Å². The van der Waals surface area contributed by atoms with Gasteiger partial charge in [0.2, 0.25) is 0 Å². The Morgan fingerprint density at radius 1 is 1.04 bits per heavy atom. The summed E-state index contributed by atoms with van der Waals surface area (Å²) in [5, 5.41) is 10.7. The van der Waals surface area contributed by atoms with Crippen LogP contribution in [0.25, 0.3) is 0 Å². The third-order valence-electron chi connectivity index (χ3n) is 6.46. The second kappa shape index (κ2) is 5.81. The van der Waals surface area contributed by atoms with Gasteiger partial charge in [-0.2, -0.15) is 8.78 Å². The van der Waals surface area contributed by atoms with E-state index in [1.807, 2.05) is 0 Å². The summed E-state index contributed by atoms with van der Waals surface area (Å²) < 4.78 is 76.6. The highest BCUT2D eigenvalue weighted by Gasteiger charge is 2.57. The van der Waals surface area contributed by atoms with Gasteiger partial charge in [-0.1, -0.05) is 0 Å². The van der Waals surface area contributed by atoms with Gasteiger partial charge in [-0.05, 0) is 62.2 Å². The molecule has 4 saturated carbocycles. The van der Waals surface area contributed by atoms with Crippen LogP contribution in [0.5, 0.6) is 0 Å². The normalized spacial score (nSPS) is 38.3. The lowest BCUT2D eigenvalue weighted by atomic mass is 9.47. The molecule has 4 aliphatic carbocycles. The molecule has 0 aromatic rings. The summed E-state index contributed by atoms with van der Waals surface area (Å²) in [7, 11) is -3.83. The van der Waals surface area contributed by atoms with E-state index in [-0.39, 0.29) is 18.1 Å². The molecule has 4 aliphatic rings. The van der Waals surface area contributed by atoms with Crippen molar-refractivity contribution >= 4 is 9.84 Å². The van der Waals surface area contributed by atoms with Gasteiger partial charge in [0, 0.05) is 13.3 Å². The van der Waals surface area contributed by atoms with Gasteiger partial charge in [0.1, 0.15) is 0 Å². The first-order chi connectivity index (χ1) is 11.2. The molecule has 0 radical (unpaired) electrons. The van der Waals surface area contributed by atoms with Crippen LogP contribution in [0.15, 0.2) is 0 Å². The first-order valence-electron chi connectivity index (χ1n) is 8.92. The Bertz CT molecular complexity index is 612. The van der Waals surface area contributed by atoms with Crippen molar-refractivity contribution in [2.75, 3.05) is 11.5 Å². The fourth-order valence-corrected chi connectivity index (χ4v) is 7.19. The van der Waals surface area contributed by atoms with Crippen LogP contribution in [0.4, 0.5) is 17.6 Å². The van der Waals surface area contributed by atoms with E-state index >= 15 is 0 Å². The number of alkyl halides is 4. The number of sulfone groups is 1. The molecule has 0 aromatic heterocycles. The van der Waals surface area contributed by atoms with E-state index < -0.39 is 39.5 Å². The third kappa shape index (κ3) is 3.99. The first-order valence-corrected chi connectivity index (χ1v) is 10.7. The summed E-state index contributed by atoms with van der Waals surface area (Å²) >= 11 is 0. The molecule has 25 heavy (non-hydrogen) atoms. The Labute approximate surface area is 146 Å². The van der Waals surface area contributed by atoms with E-state index in [1.54, 1.807) is 0 Å². The average Bonchev–Trinajstić information content (AvgIpc) is 2.40. The maximum absolute atomic E-state index is 13.3. The van der Waals surface area contributed by atoms with Gasteiger partial charge >= 0.3 is 11.8 Å². The van der Waals surface area contributed by atoms with E-state index in [1.165, 1.54) is 0 Å². The summed E-state index contributed by atoms with van der Waals surface area (Å²) in [6.45, 7) is 0.107. The second-order valence-corrected chi connectivity index (χ2v) is 11.2. The zero-order valence-corrected chi connectivity index (χ0v) is 15.2. The zero-order valence-electron chi connectivity index (χ0n) is 14.4. The molecule has 0 aliphatic heterocycles. The second-order valence-electron chi connectivity index (χ2n) is 8.93. The number of hydrogen-bond donors (Lipinski definition) is 1. The molecule has 4 fully saturated rings. The van der Waals surface area contributed by atoms with E-state index in [9.17, 15) is 31.1 Å². The number of rotatable bonds is 7. The van der Waals surface area contributed by atoms with Gasteiger partial charge in [0.25, 0.3) is 0 Å². The van der Waals surface area contributed by atoms with Gasteiger partial charge in [-0.25, -0.2) is 17.2 Å². The lowest BCUT2D eigenvalue weighted by molar-refractivity contribution is -0.197. The topological polar surface area (TPSA) is 54.4 Å². The van der Waals surface area contributed by atoms with Gasteiger partial charge in [0.15, 0.2) is 9.84 Å². The van der Waals surface area contributed by atoms with Crippen LogP contribution in [0.1, 0.15) is 58.3 Å². The Balaban J connectivity index is 1.59. The van der Waals surface area contributed by atoms with Crippen LogP contribution >= 0.6 is 0 Å². The summed E-state index contributed by atoms with van der Waals surface area (Å²) in [6.07, 6.45) is 3.93. The summed E-state index contributed by atoms with van der Waals surface area (Å²) in [5.74, 6) is -8.93. The van der Waals surface area contributed by atoms with Gasteiger partial charge < -0.3 is 5.11 Å². The molecule has 2 atom stereocenters. The Hall–Kier alpha value is -0.370. The molecule has 146 valence electrons. The summed E-state index contributed by atoms with van der Waals surface area (Å²) in [6, 6.07) is 0. The molecule has 0 amide bonds. The quantitative estimate of drug-likeness (QED) is 0.677. The first kappa shape index (κ1) is 19.4. The molecule has 4 rings (SSSR count). The molecular formula is C17H26F4O3S. The predicted molar refractivity (Wildman–Crippen MR) is 85.5 cm³/mol. The number of hydrogen-bond acceptors (Lipinski definition) is 3. The minimum atomic E-state index is -4.32. The summed E-state index contributed by atoms with van der Waals surface area (Å²) in [4.78, 5) is 0. The predicted octanol–water partition coefficient (Wildman–Crippen LogP) is 3.80. The van der Waals surface area contributed by atoms with Crippen molar-refractivity contribution in [3.63, 3.8) is 0 Å². The van der Waals surface area contributed by atoms with E-state index in [0.717, 1.165) is 32.1 Å². The van der Waals surface area contributed by atoms with Crippen LogP contribution in [-0.4, -0.2) is 42.5 Å². The molecule has 1 N–H and O–H groups in total. The molecule has 3 nitrogen and oxygen atoms in total. The molecule has 0 saturated heterocycles. The van der Waals surface area contributed by atoms with E-state index in [2.05, 4.69) is 0 Å². The minimum absolute atomic E-state index is 0.107. The summed E-state index contributed by atoms with van der Waals surface area (Å²) in [5.41, 5.74) is -0.936. The molecule has 4 bridgehead atoms. The van der Waals surface area contributed by atoms with Crippen LogP contribution in [-0.2, 0) is 9.84 Å². The lowest BCUT2D eigenvalue weighted by Gasteiger charge is -2.60. The third-order valence-corrected chi connectivity index (χ3v) is 8.12. The smallest absolute Gasteiger partial charge is 0.310 e. The Kier molecular flexibility index (Phi) is 4.51. The Morgan fingerprint density at radius 2 is 1.60 bits per heavy atom. The largest absolute Gasteiger partial charge is 0.390 e. The number of halogens is 4. The zero-order chi connectivity index (χ0) is 18.7. The van der Waals surface area contributed by atoms with Crippen molar-refractivity contribution in [2.24, 2.45) is 17.3 Å². The van der Waals surface area contributed by atoms with Crippen molar-refractivity contribution in [3.05, 3.63) is 0 Å². The monoisotopic (exact) mass is 386 g/mol. The van der Waals surface area contributed by atoms with E-state index in [4.69, 9.17) is 0 Å². The van der Waals surface area contributed by atoms with E-state index in [0.29, 0.717) is 24.7 Å². The molecular weight excluding hydrogens is 360 g/mol. The average molecular weight is 386 g/mol. The van der Waals surface area contributed by atoms with Crippen molar-refractivity contribution in [3.8, 4) is 0 Å². The van der Waals surface area contributed by atoms with Crippen LogP contribution in [0.3, 0.4) is 0 Å². The highest BCUT2D eigenvalue weighted by Crippen LogP contribution is 2.62.